The van der Waals surface area contributed by atoms with Crippen molar-refractivity contribution in [3.8, 4) is 22.6 Å². The van der Waals surface area contributed by atoms with E-state index < -0.39 is 17.9 Å². The van der Waals surface area contributed by atoms with Gasteiger partial charge in [0.15, 0.2) is 6.10 Å². The number of ether oxygens (including phenoxy) is 2. The highest BCUT2D eigenvalue weighted by atomic mass is 19.1. The summed E-state index contributed by atoms with van der Waals surface area (Å²) in [7, 11) is 0. The lowest BCUT2D eigenvalue weighted by molar-refractivity contribution is -0.146. The fourth-order valence-corrected chi connectivity index (χ4v) is 2.89. The summed E-state index contributed by atoms with van der Waals surface area (Å²) in [5, 5.41) is 18.0. The number of hydrogen-bond donors (Lipinski definition) is 2. The summed E-state index contributed by atoms with van der Waals surface area (Å²) in [4.78, 5) is 10.7. The molecule has 0 radical (unpaired) electrons. The summed E-state index contributed by atoms with van der Waals surface area (Å²) >= 11 is 0. The maximum Gasteiger partial charge on any atom is 0.332 e. The monoisotopic (exact) mass is 410 g/mol. The number of rotatable bonds is 10. The fraction of sp³-hybridized carbons (Fsp3) is 0.208. The lowest BCUT2D eigenvalue weighted by atomic mass is 10.1. The minimum atomic E-state index is -1.63. The van der Waals surface area contributed by atoms with E-state index in [4.69, 9.17) is 14.6 Å². The molecule has 0 spiro atoms. The number of hydrogen-bond acceptors (Lipinski definition) is 4. The van der Waals surface area contributed by atoms with Gasteiger partial charge in [-0.2, -0.15) is 0 Å². The van der Waals surface area contributed by atoms with Crippen LogP contribution in [0.5, 0.6) is 11.5 Å². The molecule has 2 N–H and O–H groups in total. The molecule has 3 rings (SSSR count). The van der Waals surface area contributed by atoms with E-state index in [0.29, 0.717) is 25.4 Å². The van der Waals surface area contributed by atoms with Gasteiger partial charge < -0.3 is 19.7 Å². The minimum absolute atomic E-state index is 0.125. The molecular formula is C24H23FO5. The van der Waals surface area contributed by atoms with Gasteiger partial charge in [0.25, 0.3) is 0 Å². The Kier molecular flexibility index (Phi) is 7.40. The Morgan fingerprint density at radius 3 is 2.10 bits per heavy atom. The van der Waals surface area contributed by atoms with Gasteiger partial charge in [-0.1, -0.05) is 48.5 Å². The maximum absolute atomic E-state index is 14.0. The highest BCUT2D eigenvalue weighted by Gasteiger charge is 2.16. The summed E-state index contributed by atoms with van der Waals surface area (Å²) in [6.45, 7) is 0.800. The van der Waals surface area contributed by atoms with E-state index in [0.717, 1.165) is 16.9 Å². The van der Waals surface area contributed by atoms with Gasteiger partial charge in [0, 0.05) is 18.9 Å². The molecule has 5 nitrogen and oxygen atoms in total. The first-order chi connectivity index (χ1) is 14.5. The smallest absolute Gasteiger partial charge is 0.332 e. The first-order valence-electron chi connectivity index (χ1n) is 9.63. The third-order valence-electron chi connectivity index (χ3n) is 4.51. The van der Waals surface area contributed by atoms with Gasteiger partial charge in [-0.15, -0.1) is 0 Å². The molecule has 30 heavy (non-hydrogen) atoms. The van der Waals surface area contributed by atoms with Crippen molar-refractivity contribution in [1.82, 2.24) is 0 Å². The molecular weight excluding hydrogens is 387 g/mol. The van der Waals surface area contributed by atoms with Crippen molar-refractivity contribution >= 4 is 5.97 Å². The predicted octanol–water partition coefficient (Wildman–Crippen LogP) is 4.33. The van der Waals surface area contributed by atoms with Crippen LogP contribution in [0, 0.1) is 5.82 Å². The lowest BCUT2D eigenvalue weighted by Gasteiger charge is -2.11. The van der Waals surface area contributed by atoms with E-state index >= 15 is 0 Å². The van der Waals surface area contributed by atoms with E-state index in [1.165, 1.54) is 12.1 Å². The van der Waals surface area contributed by atoms with Crippen molar-refractivity contribution < 1.29 is 28.9 Å². The van der Waals surface area contributed by atoms with Gasteiger partial charge in [-0.05, 0) is 34.9 Å². The molecule has 0 aliphatic rings. The van der Waals surface area contributed by atoms with E-state index in [2.05, 4.69) is 12.1 Å². The molecule has 0 aliphatic carbocycles. The number of aliphatic carboxylic acids is 1. The zero-order chi connectivity index (χ0) is 21.3. The molecule has 0 amide bonds. The molecule has 0 fully saturated rings. The molecule has 0 saturated carbocycles. The largest absolute Gasteiger partial charge is 0.493 e. The van der Waals surface area contributed by atoms with Crippen molar-refractivity contribution in [3.63, 3.8) is 0 Å². The van der Waals surface area contributed by atoms with Crippen molar-refractivity contribution in [3.05, 3.63) is 84.2 Å². The van der Waals surface area contributed by atoms with Crippen LogP contribution in [-0.2, 0) is 11.2 Å². The van der Waals surface area contributed by atoms with E-state index in [1.807, 2.05) is 42.5 Å². The molecule has 1 atom stereocenters. The number of carboxylic acid groups (broad SMARTS) is 1. The Balaban J connectivity index is 1.41. The third-order valence-corrected chi connectivity index (χ3v) is 4.51. The van der Waals surface area contributed by atoms with Crippen LogP contribution in [0.4, 0.5) is 4.39 Å². The van der Waals surface area contributed by atoms with Crippen molar-refractivity contribution in [2.75, 3.05) is 13.2 Å². The molecule has 3 aromatic carbocycles. The van der Waals surface area contributed by atoms with Crippen LogP contribution >= 0.6 is 0 Å². The van der Waals surface area contributed by atoms with E-state index in [1.54, 1.807) is 6.07 Å². The molecule has 0 bridgehead atoms. The Bertz CT molecular complexity index is 957. The van der Waals surface area contributed by atoms with Crippen LogP contribution in [0.2, 0.25) is 0 Å². The molecule has 0 aromatic heterocycles. The standard InChI is InChI=1S/C24H23FO5/c25-22-16-21(12-9-19(22)15-23(26)24(27)28)30-14-4-13-29-20-10-7-18(8-11-20)17-5-2-1-3-6-17/h1-3,5-12,16,23,26H,4,13-15H2,(H,27,28). The van der Waals surface area contributed by atoms with Crippen molar-refractivity contribution in [2.24, 2.45) is 0 Å². The highest BCUT2D eigenvalue weighted by Crippen LogP contribution is 2.22. The van der Waals surface area contributed by atoms with Gasteiger partial charge in [-0.25, -0.2) is 9.18 Å². The quantitative estimate of drug-likeness (QED) is 0.487. The normalized spacial score (nSPS) is 11.7. The second-order valence-corrected chi connectivity index (χ2v) is 6.75. The first kappa shape index (κ1) is 21.3. The van der Waals surface area contributed by atoms with Crippen molar-refractivity contribution in [2.45, 2.75) is 18.9 Å². The Labute approximate surface area is 174 Å². The number of carbonyl (C=O) groups is 1. The van der Waals surface area contributed by atoms with Gasteiger partial charge in [0.2, 0.25) is 0 Å². The summed E-state index contributed by atoms with van der Waals surface area (Å²) in [6.07, 6.45) is -1.31. The zero-order valence-electron chi connectivity index (χ0n) is 16.3. The van der Waals surface area contributed by atoms with Crippen LogP contribution in [0.25, 0.3) is 11.1 Å². The predicted molar refractivity (Wildman–Crippen MR) is 111 cm³/mol. The maximum atomic E-state index is 14.0. The first-order valence-corrected chi connectivity index (χ1v) is 9.63. The Morgan fingerprint density at radius 2 is 1.47 bits per heavy atom. The zero-order valence-corrected chi connectivity index (χ0v) is 16.3. The number of aliphatic hydroxyl groups is 1. The molecule has 0 heterocycles. The average molecular weight is 410 g/mol. The minimum Gasteiger partial charge on any atom is -0.493 e. The number of carboxylic acids is 1. The van der Waals surface area contributed by atoms with Crippen LogP contribution in [0.3, 0.4) is 0 Å². The molecule has 6 heteroatoms. The summed E-state index contributed by atoms with van der Waals surface area (Å²) in [5.41, 5.74) is 2.39. The third kappa shape index (κ3) is 6.06. The van der Waals surface area contributed by atoms with E-state index in [-0.39, 0.29) is 12.0 Å². The molecule has 0 aliphatic heterocycles. The SMILES string of the molecule is O=C(O)C(O)Cc1ccc(OCCCOc2ccc(-c3ccccc3)cc2)cc1F. The number of aliphatic hydroxyl groups excluding tert-OH is 1. The summed E-state index contributed by atoms with van der Waals surface area (Å²) in [6, 6.07) is 22.1. The van der Waals surface area contributed by atoms with Crippen molar-refractivity contribution in [1.29, 1.82) is 0 Å². The van der Waals surface area contributed by atoms with Crippen LogP contribution in [0.15, 0.2) is 72.8 Å². The van der Waals surface area contributed by atoms with Gasteiger partial charge in [-0.3, -0.25) is 0 Å². The Morgan fingerprint density at radius 1 is 0.867 bits per heavy atom. The van der Waals surface area contributed by atoms with Crippen LogP contribution in [0.1, 0.15) is 12.0 Å². The Hall–Kier alpha value is -3.38. The topological polar surface area (TPSA) is 76.0 Å². The molecule has 3 aromatic rings. The highest BCUT2D eigenvalue weighted by molar-refractivity contribution is 5.72. The number of benzene rings is 3. The second-order valence-electron chi connectivity index (χ2n) is 6.75. The summed E-state index contributed by atoms with van der Waals surface area (Å²) < 4.78 is 25.2. The lowest BCUT2D eigenvalue weighted by Crippen LogP contribution is -2.22. The van der Waals surface area contributed by atoms with Crippen LogP contribution in [-0.4, -0.2) is 35.5 Å². The van der Waals surface area contributed by atoms with Gasteiger partial charge in [0.05, 0.1) is 13.2 Å². The average Bonchev–Trinajstić information content (AvgIpc) is 2.76. The fourth-order valence-electron chi connectivity index (χ4n) is 2.89. The molecule has 156 valence electrons. The number of halogens is 1. The molecule has 0 saturated heterocycles. The van der Waals surface area contributed by atoms with E-state index in [9.17, 15) is 14.3 Å². The van der Waals surface area contributed by atoms with Gasteiger partial charge >= 0.3 is 5.97 Å². The molecule has 1 unspecified atom stereocenters. The van der Waals surface area contributed by atoms with Gasteiger partial charge in [0.1, 0.15) is 17.3 Å². The second kappa shape index (κ2) is 10.4. The van der Waals surface area contributed by atoms with Crippen LogP contribution < -0.4 is 9.47 Å². The summed E-state index contributed by atoms with van der Waals surface area (Å²) in [5.74, 6) is -0.887.